The number of aliphatic hydroxyl groups excluding tert-OH is 1. The largest absolute Gasteiger partial charge is 0.387 e. The Labute approximate surface area is 135 Å². The number of aryl methyl sites for hydroxylation is 1. The van der Waals surface area contributed by atoms with E-state index in [1.54, 1.807) is 18.2 Å². The Morgan fingerprint density at radius 3 is 2.96 bits per heavy atom. The van der Waals surface area contributed by atoms with E-state index in [1.165, 1.54) is 6.07 Å². The average molecular weight is 319 g/mol. The van der Waals surface area contributed by atoms with Crippen molar-refractivity contribution in [3.05, 3.63) is 53.1 Å². The van der Waals surface area contributed by atoms with E-state index in [0.717, 1.165) is 17.7 Å². The van der Waals surface area contributed by atoms with Crippen molar-refractivity contribution in [2.24, 2.45) is 7.05 Å². The van der Waals surface area contributed by atoms with E-state index >= 15 is 0 Å². The van der Waals surface area contributed by atoms with Crippen LogP contribution in [0.2, 0.25) is 0 Å². The number of nitrogens with zero attached hydrogens (tertiary/aromatic N) is 2. The molecule has 3 atom stereocenters. The number of aliphatic hydroxyl groups is 1. The predicted octanol–water partition coefficient (Wildman–Crippen LogP) is 2.02. The molecule has 1 aromatic heterocycles. The quantitative estimate of drug-likeness (QED) is 0.885. The van der Waals surface area contributed by atoms with Crippen LogP contribution in [0.1, 0.15) is 35.4 Å². The number of rotatable bonds is 5. The highest BCUT2D eigenvalue weighted by Crippen LogP contribution is 2.31. The highest BCUT2D eigenvalue weighted by molar-refractivity contribution is 5.22. The first-order chi connectivity index (χ1) is 11.1. The summed E-state index contributed by atoms with van der Waals surface area (Å²) in [5.74, 6) is -0.385. The highest BCUT2D eigenvalue weighted by atomic mass is 19.1. The van der Waals surface area contributed by atoms with E-state index in [2.05, 4.69) is 10.4 Å². The van der Waals surface area contributed by atoms with Crippen molar-refractivity contribution in [3.63, 3.8) is 0 Å². The van der Waals surface area contributed by atoms with Crippen molar-refractivity contribution in [2.75, 3.05) is 13.2 Å². The van der Waals surface area contributed by atoms with Gasteiger partial charge in [-0.1, -0.05) is 18.2 Å². The first-order valence-corrected chi connectivity index (χ1v) is 7.84. The number of nitrogens with one attached hydrogen (secondary N) is 1. The summed E-state index contributed by atoms with van der Waals surface area (Å²) in [4.78, 5) is 0. The molecular weight excluding hydrogens is 297 g/mol. The second-order valence-electron chi connectivity index (χ2n) is 5.94. The zero-order chi connectivity index (χ0) is 16.4. The van der Waals surface area contributed by atoms with Crippen LogP contribution in [0.4, 0.5) is 4.39 Å². The maximum atomic E-state index is 13.7. The molecule has 2 aromatic rings. The molecule has 3 rings (SSSR count). The summed E-state index contributed by atoms with van der Waals surface area (Å²) in [6.45, 7) is 2.95. The van der Waals surface area contributed by atoms with Gasteiger partial charge in [0.1, 0.15) is 11.9 Å². The minimum atomic E-state index is -0.882. The molecule has 23 heavy (non-hydrogen) atoms. The van der Waals surface area contributed by atoms with E-state index in [9.17, 15) is 9.50 Å². The van der Waals surface area contributed by atoms with E-state index in [-0.39, 0.29) is 24.5 Å². The summed E-state index contributed by atoms with van der Waals surface area (Å²) in [6.07, 6.45) is 1.71. The first-order valence-electron chi connectivity index (χ1n) is 7.84. The van der Waals surface area contributed by atoms with Gasteiger partial charge in [0, 0.05) is 43.1 Å². The fourth-order valence-electron chi connectivity index (χ4n) is 3.02. The van der Waals surface area contributed by atoms with Crippen LogP contribution in [-0.4, -0.2) is 34.1 Å². The van der Waals surface area contributed by atoms with Gasteiger partial charge >= 0.3 is 0 Å². The lowest BCUT2D eigenvalue weighted by molar-refractivity contribution is 0.0926. The van der Waals surface area contributed by atoms with Gasteiger partial charge in [-0.2, -0.15) is 5.10 Å². The molecule has 6 heteroatoms. The number of halogens is 1. The number of hydrogen-bond donors (Lipinski definition) is 2. The molecule has 0 radical (unpaired) electrons. The fraction of sp³-hybridized carbons (Fsp3) is 0.471. The lowest BCUT2D eigenvalue weighted by atomic mass is 10.0. The summed E-state index contributed by atoms with van der Waals surface area (Å²) in [6, 6.07) is 6.39. The summed E-state index contributed by atoms with van der Waals surface area (Å²) in [5.41, 5.74) is 2.44. The van der Waals surface area contributed by atoms with Crippen molar-refractivity contribution >= 4 is 0 Å². The van der Waals surface area contributed by atoms with Crippen molar-refractivity contribution in [2.45, 2.75) is 31.6 Å². The maximum Gasteiger partial charge on any atom is 0.129 e. The van der Waals surface area contributed by atoms with Crippen LogP contribution in [0.15, 0.2) is 30.5 Å². The Morgan fingerprint density at radius 1 is 1.48 bits per heavy atom. The van der Waals surface area contributed by atoms with Gasteiger partial charge in [-0.25, -0.2) is 4.39 Å². The second-order valence-corrected chi connectivity index (χ2v) is 5.94. The molecule has 0 saturated carbocycles. The average Bonchev–Trinajstić information content (AvgIpc) is 3.13. The topological polar surface area (TPSA) is 59.3 Å². The Morgan fingerprint density at radius 2 is 2.26 bits per heavy atom. The smallest absolute Gasteiger partial charge is 0.129 e. The molecule has 1 saturated heterocycles. The van der Waals surface area contributed by atoms with Crippen LogP contribution in [0.25, 0.3) is 0 Å². The molecule has 1 aromatic carbocycles. The summed E-state index contributed by atoms with van der Waals surface area (Å²) in [5, 5.41) is 17.8. The predicted molar refractivity (Wildman–Crippen MR) is 84.4 cm³/mol. The first kappa shape index (κ1) is 16.1. The zero-order valence-corrected chi connectivity index (χ0v) is 13.4. The standard InChI is InChI=1S/C17H22FN3O2/c1-11-13(9-20-21(11)2)17-15(7-8-23-17)19-10-16(22)12-5-3-4-6-14(12)18/h3-6,9,15-17,19,22H,7-8,10H2,1-2H3/t15-,16-,17+/m0/s1. The number of aromatic nitrogens is 2. The van der Waals surface area contributed by atoms with Gasteiger partial charge in [0.15, 0.2) is 0 Å². The minimum Gasteiger partial charge on any atom is -0.387 e. The van der Waals surface area contributed by atoms with Crippen molar-refractivity contribution in [3.8, 4) is 0 Å². The van der Waals surface area contributed by atoms with Gasteiger partial charge < -0.3 is 15.2 Å². The van der Waals surface area contributed by atoms with E-state index in [1.807, 2.05) is 24.9 Å². The minimum absolute atomic E-state index is 0.0827. The third-order valence-corrected chi connectivity index (χ3v) is 4.51. The SMILES string of the molecule is Cc1c([C@H]2OCC[C@@H]2NC[C@H](O)c2ccccc2F)cnn1C. The molecule has 0 unspecified atom stereocenters. The van der Waals surface area contributed by atoms with Crippen LogP contribution < -0.4 is 5.32 Å². The molecule has 0 spiro atoms. The summed E-state index contributed by atoms with van der Waals surface area (Å²) >= 11 is 0. The monoisotopic (exact) mass is 319 g/mol. The molecule has 0 bridgehead atoms. The summed E-state index contributed by atoms with van der Waals surface area (Å²) in [7, 11) is 1.90. The molecule has 0 aliphatic carbocycles. The lowest BCUT2D eigenvalue weighted by Crippen LogP contribution is -2.35. The van der Waals surface area contributed by atoms with Gasteiger partial charge in [0.25, 0.3) is 0 Å². The number of ether oxygens (including phenoxy) is 1. The molecule has 1 aliphatic rings. The van der Waals surface area contributed by atoms with Crippen LogP contribution >= 0.6 is 0 Å². The molecule has 1 aliphatic heterocycles. The Hall–Kier alpha value is -1.76. The zero-order valence-electron chi connectivity index (χ0n) is 13.4. The molecule has 0 amide bonds. The van der Waals surface area contributed by atoms with Gasteiger partial charge in [-0.15, -0.1) is 0 Å². The molecule has 1 fully saturated rings. The van der Waals surface area contributed by atoms with Gasteiger partial charge in [0.05, 0.1) is 12.3 Å². The van der Waals surface area contributed by atoms with Crippen molar-refractivity contribution in [1.29, 1.82) is 0 Å². The van der Waals surface area contributed by atoms with Crippen LogP contribution in [-0.2, 0) is 11.8 Å². The normalized spacial score (nSPS) is 22.4. The van der Waals surface area contributed by atoms with Gasteiger partial charge in [-0.05, 0) is 19.4 Å². The van der Waals surface area contributed by atoms with Crippen molar-refractivity contribution < 1.29 is 14.2 Å². The maximum absolute atomic E-state index is 13.7. The second kappa shape index (κ2) is 6.78. The fourth-order valence-corrected chi connectivity index (χ4v) is 3.02. The van der Waals surface area contributed by atoms with Crippen LogP contribution in [0.3, 0.4) is 0 Å². The van der Waals surface area contributed by atoms with E-state index in [4.69, 9.17) is 4.74 Å². The Kier molecular flexibility index (Phi) is 4.75. The van der Waals surface area contributed by atoms with Gasteiger partial charge in [-0.3, -0.25) is 4.68 Å². The van der Waals surface area contributed by atoms with E-state index in [0.29, 0.717) is 12.2 Å². The van der Waals surface area contributed by atoms with Crippen LogP contribution in [0, 0.1) is 12.7 Å². The van der Waals surface area contributed by atoms with Crippen LogP contribution in [0.5, 0.6) is 0 Å². The van der Waals surface area contributed by atoms with Gasteiger partial charge in [0.2, 0.25) is 0 Å². The molecule has 2 heterocycles. The third kappa shape index (κ3) is 3.29. The third-order valence-electron chi connectivity index (χ3n) is 4.51. The Balaban J connectivity index is 1.65. The number of hydrogen-bond acceptors (Lipinski definition) is 4. The lowest BCUT2D eigenvalue weighted by Gasteiger charge is -2.22. The molecular formula is C17H22FN3O2. The Bertz CT molecular complexity index is 674. The molecule has 2 N–H and O–H groups in total. The highest BCUT2D eigenvalue weighted by Gasteiger charge is 2.32. The molecule has 5 nitrogen and oxygen atoms in total. The van der Waals surface area contributed by atoms with Crippen molar-refractivity contribution in [1.82, 2.24) is 15.1 Å². The molecule has 124 valence electrons. The van der Waals surface area contributed by atoms with E-state index < -0.39 is 6.10 Å². The number of benzene rings is 1. The summed E-state index contributed by atoms with van der Waals surface area (Å²) < 4.78 is 21.4.